The van der Waals surface area contributed by atoms with Crippen LogP contribution in [0.5, 0.6) is 0 Å². The lowest BCUT2D eigenvalue weighted by atomic mass is 9.95. The molecule has 5 aromatic heterocycles. The van der Waals surface area contributed by atoms with Crippen molar-refractivity contribution in [2.75, 3.05) is 83.4 Å². The lowest BCUT2D eigenvalue weighted by Crippen LogP contribution is -2.37. The highest BCUT2D eigenvalue weighted by Crippen LogP contribution is 2.23. The van der Waals surface area contributed by atoms with E-state index < -0.39 is 50.1 Å². The Morgan fingerprint density at radius 2 is 1.28 bits per heavy atom. The third kappa shape index (κ3) is 22.5. The zero-order valence-corrected chi connectivity index (χ0v) is 46.0. The predicted octanol–water partition coefficient (Wildman–Crippen LogP) is 7.34. The molecule has 2 aliphatic carbocycles. The summed E-state index contributed by atoms with van der Waals surface area (Å²) in [7, 11) is 3.47. The first-order chi connectivity index (χ1) is 38.1. The molecule has 0 radical (unpaired) electrons. The zero-order chi connectivity index (χ0) is 56.9. The number of hydrogen-bond acceptors (Lipinski definition) is 17. The van der Waals surface area contributed by atoms with Gasteiger partial charge in [0.1, 0.15) is 54.7 Å². The number of pyridine rings is 2. The third-order valence-corrected chi connectivity index (χ3v) is 13.8. The Balaban J connectivity index is 0.000000251. The molecule has 0 bridgehead atoms. The first kappa shape index (κ1) is 63.8. The Morgan fingerprint density at radius 1 is 0.747 bits per heavy atom. The molecule has 5 aromatic rings. The van der Waals surface area contributed by atoms with Gasteiger partial charge in [-0.25, -0.2) is 42.3 Å². The molecule has 0 aromatic carbocycles. The number of nitrogens with zero attached hydrogens (tertiary/aromatic N) is 10. The first-order valence-corrected chi connectivity index (χ1v) is 27.4. The number of nitrogens with one attached hydrogen (secondary N) is 3. The summed E-state index contributed by atoms with van der Waals surface area (Å²) in [5.41, 5.74) is 14.1. The molecule has 2 atom stereocenters. The van der Waals surface area contributed by atoms with E-state index in [0.29, 0.717) is 79.0 Å². The highest BCUT2D eigenvalue weighted by molar-refractivity contribution is 6.32. The summed E-state index contributed by atoms with van der Waals surface area (Å²) < 4.78 is 61.0. The number of fused-ring (bicyclic) bond motifs is 3. The lowest BCUT2D eigenvalue weighted by Gasteiger charge is -2.24. The molecule has 5 heterocycles. The number of ether oxygens (including phenoxy) is 2. The predicted molar refractivity (Wildman–Crippen MR) is 295 cm³/mol. The van der Waals surface area contributed by atoms with Gasteiger partial charge in [-0.15, -0.1) is 0 Å². The quantitative estimate of drug-likeness (QED) is 0.0106. The van der Waals surface area contributed by atoms with E-state index in [-0.39, 0.29) is 13.2 Å². The molecule has 2 aliphatic rings. The number of anilines is 2. The smallest absolute Gasteiger partial charge is 0.326 e. The highest BCUT2D eigenvalue weighted by atomic mass is 35.5. The van der Waals surface area contributed by atoms with Crippen LogP contribution in [0.3, 0.4) is 0 Å². The average Bonchev–Trinajstić information content (AvgIpc) is 3.85. The number of halogens is 5. The number of carbonyl (C=O) groups is 2. The molecule has 20 nitrogen and oxygen atoms in total. The van der Waals surface area contributed by atoms with E-state index in [9.17, 15) is 32.3 Å². The van der Waals surface area contributed by atoms with Gasteiger partial charge in [0.25, 0.3) is 12.9 Å². The minimum atomic E-state index is -2.51. The molecule has 434 valence electrons. The van der Waals surface area contributed by atoms with Crippen LogP contribution in [-0.2, 0) is 64.6 Å². The van der Waals surface area contributed by atoms with E-state index in [2.05, 4.69) is 64.8 Å². The Kier molecular flexibility index (Phi) is 28.1. The Bertz CT molecular complexity index is 2640. The zero-order valence-electron chi connectivity index (χ0n) is 45.3. The fourth-order valence-electron chi connectivity index (χ4n) is 9.18. The molecular weight excluding hydrogens is 1050 g/mol. The number of nitrogens with two attached hydrogens (primary N) is 1. The third-order valence-electron chi connectivity index (χ3n) is 13.5. The molecule has 0 saturated carbocycles. The Hall–Kier alpha value is -6.05. The van der Waals surface area contributed by atoms with Crippen LogP contribution in [0.1, 0.15) is 104 Å². The highest BCUT2D eigenvalue weighted by Gasteiger charge is 2.22. The van der Waals surface area contributed by atoms with Gasteiger partial charge >= 0.3 is 11.9 Å². The topological polar surface area (TPSA) is 269 Å². The van der Waals surface area contributed by atoms with Gasteiger partial charge in [-0.1, -0.05) is 23.7 Å². The second-order valence-corrected chi connectivity index (χ2v) is 19.7. The normalized spacial score (nSPS) is 13.8. The molecule has 0 aliphatic heterocycles. The fourth-order valence-corrected chi connectivity index (χ4v) is 9.36. The summed E-state index contributed by atoms with van der Waals surface area (Å²) in [5, 5.41) is 36.7. The summed E-state index contributed by atoms with van der Waals surface area (Å²) in [6, 6.07) is 6.84. The molecule has 0 spiro atoms. The minimum absolute atomic E-state index is 0.157. The van der Waals surface area contributed by atoms with E-state index in [1.54, 1.807) is 25.0 Å². The molecule has 0 fully saturated rings. The molecule has 0 saturated heterocycles. The van der Waals surface area contributed by atoms with Crippen molar-refractivity contribution in [2.45, 2.75) is 128 Å². The number of rotatable bonds is 32. The van der Waals surface area contributed by atoms with Crippen LogP contribution in [0.25, 0.3) is 11.0 Å². The van der Waals surface area contributed by atoms with E-state index >= 15 is 0 Å². The summed E-state index contributed by atoms with van der Waals surface area (Å²) in [6.07, 6.45) is 15.8. The van der Waals surface area contributed by atoms with Gasteiger partial charge in [0, 0.05) is 69.3 Å². The van der Waals surface area contributed by atoms with Gasteiger partial charge in [0.05, 0.1) is 30.4 Å². The van der Waals surface area contributed by atoms with Crippen molar-refractivity contribution in [3.63, 3.8) is 0 Å². The summed E-state index contributed by atoms with van der Waals surface area (Å²) in [6.45, 7) is 2.50. The van der Waals surface area contributed by atoms with Crippen LogP contribution in [0.4, 0.5) is 29.2 Å². The Morgan fingerprint density at radius 3 is 1.78 bits per heavy atom. The molecule has 25 heteroatoms. The summed E-state index contributed by atoms with van der Waals surface area (Å²) in [5.74, 6) is -1.06. The summed E-state index contributed by atoms with van der Waals surface area (Å²) in [4.78, 5) is 52.7. The molecule has 0 amide bonds. The standard InChI is InChI=1S/C27H37F2N7O3.C21H33F2N3O3.C6H7ClN4/c1-35-26-21(16-32-35)25(30-18-31-26)34-23(27(37)38)11-13-36(14-15-39-17-24(28)29)12-5-4-7-20-10-9-19-6-2-3-8-22(19)33-20;22-20(23)15-29-14-13-26(12-10-18(24)21(27)28)11-4-3-6-17-9-8-16-5-1-2-7-19(16)25-17;1-9-6-4(2-8)5(7)10-3-11-6/h9-10,16,18,23-24H,2-8,11-15,17H2,1H3,(H,37,38)(H,30,31,34);8-9,18,20H,1-7,10-15,24H2,(H,27,28);2-3,8H,1H3,(H,9,10,11)/t23-;18-;/m00./s1. The van der Waals surface area contributed by atoms with Crippen molar-refractivity contribution in [1.82, 2.24) is 49.5 Å². The maximum atomic E-state index is 12.5. The second-order valence-electron chi connectivity index (χ2n) is 19.4. The summed E-state index contributed by atoms with van der Waals surface area (Å²) >= 11 is 5.67. The minimum Gasteiger partial charge on any atom is -0.480 e. The largest absolute Gasteiger partial charge is 0.480 e. The monoisotopic (exact) mass is 1130 g/mol. The number of hydrogen-bond donors (Lipinski definition) is 6. The lowest BCUT2D eigenvalue weighted by molar-refractivity contribution is -0.139. The van der Waals surface area contributed by atoms with E-state index in [0.717, 1.165) is 88.4 Å². The maximum absolute atomic E-state index is 12.5. The molecular formula is C54H77ClF4N14O6. The second kappa shape index (κ2) is 34.8. The van der Waals surface area contributed by atoms with Gasteiger partial charge in [0.2, 0.25) is 0 Å². The Labute approximate surface area is 464 Å². The van der Waals surface area contributed by atoms with Crippen molar-refractivity contribution in [3.8, 4) is 0 Å². The molecule has 7 rings (SSSR count). The van der Waals surface area contributed by atoms with Crippen LogP contribution in [0.2, 0.25) is 5.15 Å². The van der Waals surface area contributed by atoms with Crippen molar-refractivity contribution in [1.29, 1.82) is 5.41 Å². The van der Waals surface area contributed by atoms with E-state index in [1.165, 1.54) is 60.9 Å². The number of unbranched alkanes of at least 4 members (excludes halogenated alkanes) is 2. The fraction of sp³-hybridized carbons (Fsp3) is 0.593. The SMILES string of the molecule is CNc1ncnc(Cl)c1C=N.Cn1ncc2c(N[C@@H](CCN(CCCCc3ccc4c(n3)CCCC4)CCOCC(F)F)C(=O)O)ncnc21.N[C@@H](CCN(CCCCc1ccc2c(n1)CCCC2)CCOCC(F)F)C(=O)O. The van der Waals surface area contributed by atoms with Crippen LogP contribution in [-0.4, -0.2) is 176 Å². The number of alkyl halides is 4. The number of carboxylic acids is 2. The number of aryl methyl sites for hydroxylation is 7. The van der Waals surface area contributed by atoms with Crippen LogP contribution in [0.15, 0.2) is 43.1 Å². The molecule has 79 heavy (non-hydrogen) atoms. The van der Waals surface area contributed by atoms with Crippen LogP contribution >= 0.6 is 11.6 Å². The maximum Gasteiger partial charge on any atom is 0.326 e. The van der Waals surface area contributed by atoms with Crippen molar-refractivity contribution in [2.24, 2.45) is 12.8 Å². The average molecular weight is 1130 g/mol. The van der Waals surface area contributed by atoms with Gasteiger partial charge in [-0.05, 0) is 139 Å². The van der Waals surface area contributed by atoms with E-state index in [4.69, 9.17) is 47.3 Å². The van der Waals surface area contributed by atoms with Crippen molar-refractivity contribution < 1.29 is 46.8 Å². The van der Waals surface area contributed by atoms with Crippen molar-refractivity contribution in [3.05, 3.63) is 87.7 Å². The number of aliphatic carboxylic acids is 2. The van der Waals surface area contributed by atoms with Crippen LogP contribution in [0, 0.1) is 5.41 Å². The van der Waals surface area contributed by atoms with E-state index in [1.807, 2.05) is 4.90 Å². The van der Waals surface area contributed by atoms with Gasteiger partial charge in [0.15, 0.2) is 5.65 Å². The number of carboxylic acid groups (broad SMARTS) is 2. The molecule has 0 unspecified atom stereocenters. The van der Waals surface area contributed by atoms with Crippen molar-refractivity contribution >= 4 is 52.4 Å². The first-order valence-electron chi connectivity index (χ1n) is 27.1. The van der Waals surface area contributed by atoms with Gasteiger partial charge < -0.3 is 51.3 Å². The van der Waals surface area contributed by atoms with Gasteiger partial charge in [-0.2, -0.15) is 5.10 Å². The van der Waals surface area contributed by atoms with Gasteiger partial charge in [-0.3, -0.25) is 19.4 Å². The number of aromatic nitrogens is 8. The van der Waals surface area contributed by atoms with Crippen LogP contribution < -0.4 is 16.4 Å². The molecule has 7 N–H and O–H groups in total.